The molecule has 1 unspecified atom stereocenters. The average Bonchev–Trinajstić information content (AvgIpc) is 2.90. The Kier molecular flexibility index (Phi) is 8.62. The molecule has 1 atom stereocenters. The first-order chi connectivity index (χ1) is 9.76. The summed E-state index contributed by atoms with van der Waals surface area (Å²) < 4.78 is 5.50. The number of unbranched alkanes of at least 4 members (excludes halogenated alkanes) is 2. The number of nitrogens with zero attached hydrogens (tertiary/aromatic N) is 1. The molecule has 1 aliphatic heterocycles. The Bertz CT molecular complexity index is 276. The fraction of sp³-hybridized carbons (Fsp3) is 0.933. The summed E-state index contributed by atoms with van der Waals surface area (Å²) >= 11 is 0. The number of hydrogen-bond donors (Lipinski definition) is 3. The molecule has 1 saturated heterocycles. The van der Waals surface area contributed by atoms with Gasteiger partial charge >= 0.3 is 0 Å². The maximum absolute atomic E-state index is 9.23. The van der Waals surface area contributed by atoms with E-state index in [4.69, 9.17) is 4.74 Å². The summed E-state index contributed by atoms with van der Waals surface area (Å²) in [5.74, 6) is 0.882. The molecule has 0 aromatic carbocycles. The van der Waals surface area contributed by atoms with Crippen molar-refractivity contribution in [1.82, 2.24) is 10.6 Å². The van der Waals surface area contributed by atoms with Gasteiger partial charge in [0.25, 0.3) is 0 Å². The molecule has 3 N–H and O–H groups in total. The Morgan fingerprint density at radius 2 is 2.15 bits per heavy atom. The number of rotatable bonds is 9. The van der Waals surface area contributed by atoms with Crippen LogP contribution in [0.1, 0.15) is 46.0 Å². The van der Waals surface area contributed by atoms with Gasteiger partial charge in [-0.25, -0.2) is 0 Å². The smallest absolute Gasteiger partial charge is 0.191 e. The molecule has 1 heterocycles. The number of aliphatic hydroxyl groups excluding tert-OH is 1. The van der Waals surface area contributed by atoms with E-state index in [0.29, 0.717) is 6.61 Å². The van der Waals surface area contributed by atoms with Gasteiger partial charge in [-0.1, -0.05) is 19.8 Å². The summed E-state index contributed by atoms with van der Waals surface area (Å²) in [5, 5.41) is 15.9. The molecule has 118 valence electrons. The predicted molar refractivity (Wildman–Crippen MR) is 83.1 cm³/mol. The van der Waals surface area contributed by atoms with Gasteiger partial charge in [-0.05, 0) is 26.2 Å². The van der Waals surface area contributed by atoms with Crippen molar-refractivity contribution in [1.29, 1.82) is 0 Å². The summed E-state index contributed by atoms with van der Waals surface area (Å²) in [7, 11) is 0. The van der Waals surface area contributed by atoms with Gasteiger partial charge in [0.1, 0.15) is 0 Å². The van der Waals surface area contributed by atoms with E-state index in [1.54, 1.807) is 0 Å². The third-order valence-electron chi connectivity index (χ3n) is 3.82. The first-order valence-electron chi connectivity index (χ1n) is 7.97. The summed E-state index contributed by atoms with van der Waals surface area (Å²) in [5.41, 5.74) is 0.0283. The van der Waals surface area contributed by atoms with Gasteiger partial charge in [-0.2, -0.15) is 0 Å². The molecule has 0 amide bonds. The van der Waals surface area contributed by atoms with Crippen LogP contribution < -0.4 is 10.6 Å². The van der Waals surface area contributed by atoms with Gasteiger partial charge in [0.2, 0.25) is 0 Å². The molecule has 0 spiro atoms. The van der Waals surface area contributed by atoms with Crippen LogP contribution in [0.5, 0.6) is 0 Å². The van der Waals surface area contributed by atoms with Gasteiger partial charge in [-0.3, -0.25) is 4.99 Å². The van der Waals surface area contributed by atoms with Crippen molar-refractivity contribution in [3.05, 3.63) is 0 Å². The monoisotopic (exact) mass is 285 g/mol. The number of ether oxygens (including phenoxy) is 1. The third-order valence-corrected chi connectivity index (χ3v) is 3.82. The highest BCUT2D eigenvalue weighted by Gasteiger charge is 2.34. The Morgan fingerprint density at radius 3 is 2.75 bits per heavy atom. The van der Waals surface area contributed by atoms with Crippen LogP contribution in [0.25, 0.3) is 0 Å². The van der Waals surface area contributed by atoms with Gasteiger partial charge in [-0.15, -0.1) is 0 Å². The summed E-state index contributed by atoms with van der Waals surface area (Å²) in [4.78, 5) is 4.69. The summed E-state index contributed by atoms with van der Waals surface area (Å²) in [6, 6.07) is 0. The van der Waals surface area contributed by atoms with Crippen LogP contribution in [-0.2, 0) is 4.74 Å². The first-order valence-corrected chi connectivity index (χ1v) is 7.97. The minimum atomic E-state index is 0.0283. The van der Waals surface area contributed by atoms with Crippen LogP contribution in [0.15, 0.2) is 4.99 Å². The van der Waals surface area contributed by atoms with Crippen LogP contribution in [0, 0.1) is 5.41 Å². The SMILES string of the molecule is CCCCCNC(=NCC1(CCO)CCOC1)NCC. The van der Waals surface area contributed by atoms with Gasteiger partial charge in [0, 0.05) is 31.7 Å². The van der Waals surface area contributed by atoms with E-state index in [9.17, 15) is 5.11 Å². The predicted octanol–water partition coefficient (Wildman–Crippen LogP) is 1.52. The first kappa shape index (κ1) is 17.2. The van der Waals surface area contributed by atoms with Crippen molar-refractivity contribution in [3.63, 3.8) is 0 Å². The highest BCUT2D eigenvalue weighted by atomic mass is 16.5. The number of nitrogens with one attached hydrogen (secondary N) is 2. The second kappa shape index (κ2) is 10.00. The zero-order valence-electron chi connectivity index (χ0n) is 13.1. The number of guanidine groups is 1. The summed E-state index contributed by atoms with van der Waals surface area (Å²) in [6.45, 7) is 8.54. The lowest BCUT2D eigenvalue weighted by Crippen LogP contribution is -2.39. The summed E-state index contributed by atoms with van der Waals surface area (Å²) in [6.07, 6.45) is 5.41. The van der Waals surface area contributed by atoms with Crippen LogP contribution in [-0.4, -0.2) is 50.5 Å². The molecule has 1 rings (SSSR count). The van der Waals surface area contributed by atoms with E-state index in [-0.39, 0.29) is 12.0 Å². The van der Waals surface area contributed by atoms with Gasteiger partial charge < -0.3 is 20.5 Å². The van der Waals surface area contributed by atoms with Crippen LogP contribution in [0.4, 0.5) is 0 Å². The minimum Gasteiger partial charge on any atom is -0.396 e. The van der Waals surface area contributed by atoms with Gasteiger partial charge in [0.05, 0.1) is 13.2 Å². The second-order valence-electron chi connectivity index (χ2n) is 5.61. The van der Waals surface area contributed by atoms with E-state index < -0.39 is 0 Å². The zero-order valence-corrected chi connectivity index (χ0v) is 13.1. The van der Waals surface area contributed by atoms with E-state index >= 15 is 0 Å². The molecular formula is C15H31N3O2. The average molecular weight is 285 g/mol. The lowest BCUT2D eigenvalue weighted by atomic mass is 9.84. The molecule has 5 nitrogen and oxygen atoms in total. The van der Waals surface area contributed by atoms with E-state index in [0.717, 1.165) is 45.0 Å². The molecule has 20 heavy (non-hydrogen) atoms. The van der Waals surface area contributed by atoms with E-state index in [1.165, 1.54) is 19.3 Å². The number of aliphatic hydroxyl groups is 1. The molecular weight excluding hydrogens is 254 g/mol. The number of hydrogen-bond acceptors (Lipinski definition) is 3. The van der Waals surface area contributed by atoms with Crippen molar-refractivity contribution in [2.75, 3.05) is 39.5 Å². The quantitative estimate of drug-likeness (QED) is 0.341. The van der Waals surface area contributed by atoms with E-state index in [2.05, 4.69) is 29.5 Å². The fourth-order valence-electron chi connectivity index (χ4n) is 2.46. The fourth-order valence-corrected chi connectivity index (χ4v) is 2.46. The standard InChI is InChI=1S/C15H31N3O2/c1-3-5-6-9-17-14(16-4-2)18-12-15(7-10-19)8-11-20-13-15/h19H,3-13H2,1-2H3,(H2,16,17,18). The Labute approximate surface area is 123 Å². The molecule has 1 fully saturated rings. The molecule has 1 aliphatic rings. The van der Waals surface area contributed by atoms with Crippen LogP contribution >= 0.6 is 0 Å². The maximum Gasteiger partial charge on any atom is 0.191 e. The normalized spacial score (nSPS) is 23.1. The lowest BCUT2D eigenvalue weighted by Gasteiger charge is -2.24. The van der Waals surface area contributed by atoms with Crippen molar-refractivity contribution in [3.8, 4) is 0 Å². The highest BCUT2D eigenvalue weighted by Crippen LogP contribution is 2.32. The molecule has 0 aromatic heterocycles. The van der Waals surface area contributed by atoms with Crippen LogP contribution in [0.2, 0.25) is 0 Å². The third kappa shape index (κ3) is 6.09. The Morgan fingerprint density at radius 1 is 1.30 bits per heavy atom. The largest absolute Gasteiger partial charge is 0.396 e. The minimum absolute atomic E-state index is 0.0283. The van der Waals surface area contributed by atoms with Crippen molar-refractivity contribution < 1.29 is 9.84 Å². The zero-order chi connectivity index (χ0) is 14.7. The second-order valence-corrected chi connectivity index (χ2v) is 5.61. The molecule has 0 aromatic rings. The van der Waals surface area contributed by atoms with Gasteiger partial charge in [0.15, 0.2) is 5.96 Å². The molecule has 0 aliphatic carbocycles. The maximum atomic E-state index is 9.23. The Balaban J connectivity index is 2.46. The molecule has 0 radical (unpaired) electrons. The van der Waals surface area contributed by atoms with Crippen molar-refractivity contribution in [2.45, 2.75) is 46.0 Å². The highest BCUT2D eigenvalue weighted by molar-refractivity contribution is 5.79. The van der Waals surface area contributed by atoms with Crippen LogP contribution in [0.3, 0.4) is 0 Å². The van der Waals surface area contributed by atoms with Crippen molar-refractivity contribution in [2.24, 2.45) is 10.4 Å². The molecule has 0 bridgehead atoms. The topological polar surface area (TPSA) is 65.9 Å². The lowest BCUT2D eigenvalue weighted by molar-refractivity contribution is 0.131. The van der Waals surface area contributed by atoms with Crippen molar-refractivity contribution >= 4 is 5.96 Å². The Hall–Kier alpha value is -0.810. The molecule has 5 heteroatoms. The number of aliphatic imine (C=N–C) groups is 1. The van der Waals surface area contributed by atoms with E-state index in [1.807, 2.05) is 0 Å². The molecule has 0 saturated carbocycles.